The van der Waals surface area contributed by atoms with Gasteiger partial charge in [0.15, 0.2) is 5.75 Å². The van der Waals surface area contributed by atoms with Crippen LogP contribution < -0.4 is 5.32 Å². The lowest BCUT2D eigenvalue weighted by Gasteiger charge is -2.16. The Kier molecular flexibility index (Phi) is 5.21. The summed E-state index contributed by atoms with van der Waals surface area (Å²) < 4.78 is 0. The second kappa shape index (κ2) is 6.92. The van der Waals surface area contributed by atoms with Gasteiger partial charge in [0.1, 0.15) is 5.75 Å². The Morgan fingerprint density at radius 3 is 2.19 bits per heavy atom. The Labute approximate surface area is 134 Å². The lowest BCUT2D eigenvalue weighted by molar-refractivity contribution is 0.474. The zero-order valence-corrected chi connectivity index (χ0v) is 13.1. The molecule has 0 fully saturated rings. The zero-order valence-electron chi connectivity index (χ0n) is 11.6. The lowest BCUT2D eigenvalue weighted by atomic mass is 10.1. The Hall–Kier alpha value is -1.58. The molecular weight excluding hydrogens is 309 g/mol. The summed E-state index contributed by atoms with van der Waals surface area (Å²) in [6.07, 6.45) is 1.81. The van der Waals surface area contributed by atoms with E-state index < -0.39 is 0 Å². The zero-order chi connectivity index (χ0) is 15.4. The van der Waals surface area contributed by atoms with Crippen LogP contribution in [0.1, 0.15) is 18.9 Å². The number of aromatic hydroxyl groups is 2. The number of aryl methyl sites for hydroxylation is 1. The fraction of sp³-hybridized carbons (Fsp3) is 0.250. The molecule has 2 rings (SSSR count). The molecule has 0 amide bonds. The minimum Gasteiger partial charge on any atom is -0.508 e. The number of nitrogens with one attached hydrogen (secondary N) is 1. The third-order valence-corrected chi connectivity index (χ3v) is 3.81. The summed E-state index contributed by atoms with van der Waals surface area (Å²) in [6, 6.07) is 10.7. The van der Waals surface area contributed by atoms with Gasteiger partial charge in [-0.1, -0.05) is 35.3 Å². The molecule has 3 nitrogen and oxygen atoms in total. The third-order valence-electron chi connectivity index (χ3n) is 3.23. The predicted octanol–water partition coefficient (Wildman–Crippen LogP) is 4.84. The maximum Gasteiger partial charge on any atom is 0.152 e. The van der Waals surface area contributed by atoms with E-state index in [1.165, 1.54) is 5.56 Å². The minimum atomic E-state index is -0.0966. The van der Waals surface area contributed by atoms with Gasteiger partial charge in [0.05, 0.1) is 10.0 Å². The summed E-state index contributed by atoms with van der Waals surface area (Å²) in [5.41, 5.74) is 1.95. The molecule has 0 radical (unpaired) electrons. The first-order valence-corrected chi connectivity index (χ1v) is 7.44. The van der Waals surface area contributed by atoms with Crippen molar-refractivity contribution < 1.29 is 10.2 Å². The molecule has 112 valence electrons. The van der Waals surface area contributed by atoms with E-state index in [1.54, 1.807) is 24.3 Å². The van der Waals surface area contributed by atoms with Crippen molar-refractivity contribution >= 4 is 28.9 Å². The number of phenols is 2. The monoisotopic (exact) mass is 325 g/mol. The second-order valence-corrected chi connectivity index (χ2v) is 5.85. The summed E-state index contributed by atoms with van der Waals surface area (Å²) in [6.45, 7) is 2.06. The highest BCUT2D eigenvalue weighted by Crippen LogP contribution is 2.34. The number of anilines is 1. The van der Waals surface area contributed by atoms with Gasteiger partial charge in [0.2, 0.25) is 0 Å². The maximum atomic E-state index is 9.53. The second-order valence-electron chi connectivity index (χ2n) is 5.04. The summed E-state index contributed by atoms with van der Waals surface area (Å²) in [5, 5.41) is 22.5. The van der Waals surface area contributed by atoms with Crippen LogP contribution in [0.5, 0.6) is 11.5 Å². The molecule has 0 bridgehead atoms. The Balaban J connectivity index is 1.92. The van der Waals surface area contributed by atoms with E-state index in [1.807, 2.05) is 12.1 Å². The number of rotatable bonds is 5. The molecule has 1 atom stereocenters. The molecule has 0 aromatic heterocycles. The van der Waals surface area contributed by atoms with E-state index in [9.17, 15) is 10.2 Å². The van der Waals surface area contributed by atoms with Crippen molar-refractivity contribution in [3.05, 3.63) is 52.0 Å². The topological polar surface area (TPSA) is 52.5 Å². The Bertz CT molecular complexity index is 591. The Morgan fingerprint density at radius 2 is 1.62 bits per heavy atom. The third kappa shape index (κ3) is 4.45. The number of halogens is 2. The van der Waals surface area contributed by atoms with E-state index in [2.05, 4.69) is 12.2 Å². The van der Waals surface area contributed by atoms with Gasteiger partial charge in [-0.3, -0.25) is 0 Å². The first-order valence-electron chi connectivity index (χ1n) is 6.68. The number of hydrogen-bond acceptors (Lipinski definition) is 3. The fourth-order valence-electron chi connectivity index (χ4n) is 2.05. The molecule has 2 aromatic rings. The van der Waals surface area contributed by atoms with Gasteiger partial charge in [-0.2, -0.15) is 0 Å². The molecule has 1 unspecified atom stereocenters. The molecular formula is C16H17Cl2NO2. The lowest BCUT2D eigenvalue weighted by Crippen LogP contribution is -2.16. The van der Waals surface area contributed by atoms with E-state index in [4.69, 9.17) is 23.2 Å². The maximum absolute atomic E-state index is 9.53. The van der Waals surface area contributed by atoms with Gasteiger partial charge in [-0.25, -0.2) is 0 Å². The van der Waals surface area contributed by atoms with Crippen LogP contribution in [0, 0.1) is 0 Å². The van der Waals surface area contributed by atoms with Crippen LogP contribution in [-0.4, -0.2) is 16.3 Å². The number of hydrogen-bond donors (Lipinski definition) is 3. The van der Waals surface area contributed by atoms with Gasteiger partial charge in [0.25, 0.3) is 0 Å². The van der Waals surface area contributed by atoms with Crippen molar-refractivity contribution in [2.24, 2.45) is 0 Å². The quantitative estimate of drug-likeness (QED) is 0.689. The van der Waals surface area contributed by atoms with E-state index >= 15 is 0 Å². The van der Waals surface area contributed by atoms with Crippen molar-refractivity contribution in [2.75, 3.05) is 5.32 Å². The van der Waals surface area contributed by atoms with E-state index in [0.717, 1.165) is 18.5 Å². The van der Waals surface area contributed by atoms with Crippen LogP contribution >= 0.6 is 23.2 Å². The van der Waals surface area contributed by atoms with Gasteiger partial charge < -0.3 is 15.5 Å². The number of benzene rings is 2. The molecule has 0 spiro atoms. The van der Waals surface area contributed by atoms with Crippen LogP contribution in [0.2, 0.25) is 10.0 Å². The highest BCUT2D eigenvalue weighted by molar-refractivity contribution is 6.37. The predicted molar refractivity (Wildman–Crippen MR) is 87.6 cm³/mol. The minimum absolute atomic E-state index is 0.0966. The van der Waals surface area contributed by atoms with Crippen LogP contribution in [0.15, 0.2) is 36.4 Å². The fourth-order valence-corrected chi connectivity index (χ4v) is 2.54. The molecule has 0 aliphatic rings. The van der Waals surface area contributed by atoms with E-state index in [-0.39, 0.29) is 27.6 Å². The van der Waals surface area contributed by atoms with Crippen molar-refractivity contribution in [3.8, 4) is 11.5 Å². The first-order chi connectivity index (χ1) is 9.95. The summed E-state index contributed by atoms with van der Waals surface area (Å²) in [5.74, 6) is 0.180. The van der Waals surface area contributed by atoms with Crippen LogP contribution in [0.3, 0.4) is 0 Å². The standard InChI is InChI=1S/C16H17Cl2NO2/c1-10(2-3-11-4-6-13(20)7-5-11)19-12-8-14(17)16(21)15(18)9-12/h4-10,19-21H,2-3H2,1H3. The van der Waals surface area contributed by atoms with Crippen molar-refractivity contribution in [1.82, 2.24) is 0 Å². The highest BCUT2D eigenvalue weighted by Gasteiger charge is 2.09. The molecule has 2 aromatic carbocycles. The molecule has 0 saturated carbocycles. The summed E-state index contributed by atoms with van der Waals surface area (Å²) in [4.78, 5) is 0. The largest absolute Gasteiger partial charge is 0.508 e. The van der Waals surface area contributed by atoms with E-state index in [0.29, 0.717) is 0 Å². The average molecular weight is 326 g/mol. The molecule has 0 aliphatic carbocycles. The molecule has 0 saturated heterocycles. The number of phenolic OH excluding ortho intramolecular Hbond substituents is 2. The molecule has 21 heavy (non-hydrogen) atoms. The molecule has 0 aliphatic heterocycles. The highest BCUT2D eigenvalue weighted by atomic mass is 35.5. The summed E-state index contributed by atoms with van der Waals surface area (Å²) >= 11 is 11.8. The van der Waals surface area contributed by atoms with Gasteiger partial charge in [0, 0.05) is 11.7 Å². The first kappa shape index (κ1) is 15.8. The van der Waals surface area contributed by atoms with Gasteiger partial charge in [-0.05, 0) is 49.6 Å². The van der Waals surface area contributed by atoms with Gasteiger partial charge in [-0.15, -0.1) is 0 Å². The van der Waals surface area contributed by atoms with Crippen molar-refractivity contribution in [3.63, 3.8) is 0 Å². The molecule has 5 heteroatoms. The summed E-state index contributed by atoms with van der Waals surface area (Å²) in [7, 11) is 0. The van der Waals surface area contributed by atoms with Crippen LogP contribution in [0.4, 0.5) is 5.69 Å². The van der Waals surface area contributed by atoms with Crippen LogP contribution in [-0.2, 0) is 6.42 Å². The molecule has 3 N–H and O–H groups in total. The average Bonchev–Trinajstić information content (AvgIpc) is 2.44. The van der Waals surface area contributed by atoms with Gasteiger partial charge >= 0.3 is 0 Å². The smallest absolute Gasteiger partial charge is 0.152 e. The van der Waals surface area contributed by atoms with Crippen LogP contribution in [0.25, 0.3) is 0 Å². The SMILES string of the molecule is CC(CCc1ccc(O)cc1)Nc1cc(Cl)c(O)c(Cl)c1. The normalized spacial score (nSPS) is 12.1. The van der Waals surface area contributed by atoms with Crippen molar-refractivity contribution in [1.29, 1.82) is 0 Å². The van der Waals surface area contributed by atoms with Crippen molar-refractivity contribution in [2.45, 2.75) is 25.8 Å². The Morgan fingerprint density at radius 1 is 1.05 bits per heavy atom. The molecule has 0 heterocycles.